The summed E-state index contributed by atoms with van der Waals surface area (Å²) in [5, 5.41) is 2.01. The van der Waals surface area contributed by atoms with E-state index in [0.29, 0.717) is 15.8 Å². The smallest absolute Gasteiger partial charge is 0.219 e. The zero-order valence-corrected chi connectivity index (χ0v) is 17.4. The van der Waals surface area contributed by atoms with Crippen LogP contribution in [0, 0.1) is 0 Å². The lowest BCUT2D eigenvalue weighted by Crippen LogP contribution is -3.00. The molecule has 1 aromatic heterocycles. The van der Waals surface area contributed by atoms with Crippen LogP contribution in [0.5, 0.6) is 11.5 Å². The highest BCUT2D eigenvalue weighted by Crippen LogP contribution is 2.35. The number of hydrogen-bond acceptors (Lipinski definition) is 1. The largest absolute Gasteiger partial charge is 1.00 e. The van der Waals surface area contributed by atoms with Crippen LogP contribution in [0.1, 0.15) is 5.56 Å². The summed E-state index contributed by atoms with van der Waals surface area (Å²) in [6.07, 6.45) is 2.00. The molecule has 0 aliphatic carbocycles. The summed E-state index contributed by atoms with van der Waals surface area (Å²) >= 11 is 12.8. The number of para-hydroxylation sites is 1. The van der Waals surface area contributed by atoms with E-state index < -0.39 is 0 Å². The molecule has 0 saturated carbocycles. The number of pyridine rings is 1. The highest BCUT2D eigenvalue weighted by atomic mass is 79.9. The lowest BCUT2D eigenvalue weighted by atomic mass is 10.1. The van der Waals surface area contributed by atoms with Crippen molar-refractivity contribution >= 4 is 34.1 Å². The van der Waals surface area contributed by atoms with E-state index in [1.807, 2.05) is 66.9 Å². The fourth-order valence-electron chi connectivity index (χ4n) is 2.97. The van der Waals surface area contributed by atoms with Crippen LogP contribution in [0.2, 0.25) is 10.0 Å². The molecule has 3 aromatic carbocycles. The zero-order valence-electron chi connectivity index (χ0n) is 14.3. The minimum Gasteiger partial charge on any atom is -1.00 e. The minimum atomic E-state index is 0. The first-order valence-electron chi connectivity index (χ1n) is 8.29. The number of fused-ring (bicyclic) bond motifs is 1. The number of ether oxygens (including phenoxy) is 1. The molecule has 0 N–H and O–H groups in total. The molecule has 0 saturated heterocycles. The van der Waals surface area contributed by atoms with Gasteiger partial charge in [-0.1, -0.05) is 71.7 Å². The van der Waals surface area contributed by atoms with Gasteiger partial charge < -0.3 is 21.7 Å². The van der Waals surface area contributed by atoms with Gasteiger partial charge in [0, 0.05) is 22.7 Å². The minimum absolute atomic E-state index is 0. The van der Waals surface area contributed by atoms with Crippen molar-refractivity contribution in [2.24, 2.45) is 0 Å². The van der Waals surface area contributed by atoms with Crippen LogP contribution in [0.25, 0.3) is 10.9 Å². The summed E-state index contributed by atoms with van der Waals surface area (Å²) in [7, 11) is 0. The lowest BCUT2D eigenvalue weighted by molar-refractivity contribution is -0.662. The summed E-state index contributed by atoms with van der Waals surface area (Å²) in [6.45, 7) is 0.722. The van der Waals surface area contributed by atoms with E-state index in [1.54, 1.807) is 6.07 Å². The second-order valence-electron chi connectivity index (χ2n) is 5.99. The Hall–Kier alpha value is -2.07. The maximum absolute atomic E-state index is 6.53. The molecule has 4 aromatic rings. The summed E-state index contributed by atoms with van der Waals surface area (Å²) in [4.78, 5) is 0. The molecule has 4 rings (SSSR count). The Morgan fingerprint density at radius 2 is 1.48 bits per heavy atom. The molecule has 27 heavy (non-hydrogen) atoms. The number of nitrogens with zero attached hydrogens (tertiary/aromatic N) is 1. The summed E-state index contributed by atoms with van der Waals surface area (Å²) in [5.41, 5.74) is 2.13. The maximum Gasteiger partial charge on any atom is 0.219 e. The van der Waals surface area contributed by atoms with Gasteiger partial charge in [-0.25, -0.2) is 0 Å². The van der Waals surface area contributed by atoms with Gasteiger partial charge in [0.05, 0.1) is 5.02 Å². The Kier molecular flexibility index (Phi) is 6.38. The van der Waals surface area contributed by atoms with Gasteiger partial charge in [-0.2, -0.15) is 4.57 Å². The zero-order chi connectivity index (χ0) is 17.9. The molecule has 0 fully saturated rings. The first-order chi connectivity index (χ1) is 12.7. The fourth-order valence-corrected chi connectivity index (χ4v) is 3.55. The first kappa shape index (κ1) is 19.7. The molecule has 0 amide bonds. The van der Waals surface area contributed by atoms with Crippen LogP contribution in [-0.4, -0.2) is 0 Å². The SMILES string of the molecule is Clc1cc(Cl)c2c(Oc3ccccc3)cc[n+](Cc3ccccc3)c2c1.[Br-]. The van der Waals surface area contributed by atoms with Gasteiger partial charge in [0.1, 0.15) is 16.9 Å². The second kappa shape index (κ2) is 8.75. The molecule has 0 aliphatic heterocycles. The highest BCUT2D eigenvalue weighted by molar-refractivity contribution is 6.38. The van der Waals surface area contributed by atoms with Crippen molar-refractivity contribution in [2.45, 2.75) is 6.54 Å². The maximum atomic E-state index is 6.53. The Labute approximate surface area is 178 Å². The average molecular weight is 461 g/mol. The molecule has 5 heteroatoms. The lowest BCUT2D eigenvalue weighted by Gasteiger charge is -2.10. The molecule has 0 atom stereocenters. The van der Waals surface area contributed by atoms with Crippen molar-refractivity contribution in [3.8, 4) is 11.5 Å². The normalized spacial score (nSPS) is 10.4. The third-order valence-electron chi connectivity index (χ3n) is 4.16. The molecular formula is C22H16BrCl2NO. The van der Waals surface area contributed by atoms with Crippen molar-refractivity contribution in [1.82, 2.24) is 0 Å². The second-order valence-corrected chi connectivity index (χ2v) is 6.83. The average Bonchev–Trinajstić information content (AvgIpc) is 2.65. The Bertz CT molecular complexity index is 1060. The summed E-state index contributed by atoms with van der Waals surface area (Å²) < 4.78 is 8.20. The molecule has 0 radical (unpaired) electrons. The van der Waals surface area contributed by atoms with Crippen molar-refractivity contribution in [2.75, 3.05) is 0 Å². The van der Waals surface area contributed by atoms with Crippen LogP contribution in [0.15, 0.2) is 85.1 Å². The van der Waals surface area contributed by atoms with Gasteiger partial charge in [0.15, 0.2) is 12.7 Å². The predicted octanol–water partition coefficient (Wildman–Crippen LogP) is 3.28. The third-order valence-corrected chi connectivity index (χ3v) is 4.68. The van der Waals surface area contributed by atoms with E-state index in [9.17, 15) is 0 Å². The van der Waals surface area contributed by atoms with E-state index in [4.69, 9.17) is 27.9 Å². The van der Waals surface area contributed by atoms with Gasteiger partial charge in [0.2, 0.25) is 5.52 Å². The number of aromatic nitrogens is 1. The van der Waals surface area contributed by atoms with E-state index in [-0.39, 0.29) is 17.0 Å². The molecule has 0 unspecified atom stereocenters. The molecule has 0 bridgehead atoms. The predicted molar refractivity (Wildman–Crippen MR) is 106 cm³/mol. The number of hydrogen-bond donors (Lipinski definition) is 0. The van der Waals surface area contributed by atoms with E-state index in [0.717, 1.165) is 23.2 Å². The van der Waals surface area contributed by atoms with Gasteiger partial charge in [-0.05, 0) is 18.2 Å². The Balaban J connectivity index is 0.00000210. The van der Waals surface area contributed by atoms with Crippen LogP contribution in [0.3, 0.4) is 0 Å². The quantitative estimate of drug-likeness (QED) is 0.426. The van der Waals surface area contributed by atoms with Crippen molar-refractivity contribution < 1.29 is 26.3 Å². The summed E-state index contributed by atoms with van der Waals surface area (Å²) in [6, 6.07) is 25.5. The van der Waals surface area contributed by atoms with E-state index >= 15 is 0 Å². The topological polar surface area (TPSA) is 13.1 Å². The van der Waals surface area contributed by atoms with Crippen molar-refractivity contribution in [1.29, 1.82) is 0 Å². The number of benzene rings is 3. The van der Waals surface area contributed by atoms with Crippen molar-refractivity contribution in [3.05, 3.63) is 101 Å². The Morgan fingerprint density at radius 3 is 2.19 bits per heavy atom. The van der Waals surface area contributed by atoms with Crippen LogP contribution < -0.4 is 26.3 Å². The van der Waals surface area contributed by atoms with Gasteiger partial charge >= 0.3 is 0 Å². The molecule has 0 aliphatic rings. The summed E-state index contributed by atoms with van der Waals surface area (Å²) in [5.74, 6) is 1.47. The van der Waals surface area contributed by atoms with Crippen LogP contribution >= 0.6 is 23.2 Å². The fraction of sp³-hybridized carbons (Fsp3) is 0.0455. The molecule has 1 heterocycles. The van der Waals surface area contributed by atoms with Gasteiger partial charge in [-0.3, -0.25) is 0 Å². The standard InChI is InChI=1S/C22H16Cl2NO.BrH/c23-17-13-19(24)22-20(14-17)25(15-16-7-3-1-4-8-16)12-11-21(22)26-18-9-5-2-6-10-18;/h1-14H,15H2;1H/q+1;/p-1. The van der Waals surface area contributed by atoms with Gasteiger partial charge in [-0.15, -0.1) is 0 Å². The molecule has 2 nitrogen and oxygen atoms in total. The van der Waals surface area contributed by atoms with Crippen LogP contribution in [0.4, 0.5) is 0 Å². The molecular weight excluding hydrogens is 445 g/mol. The van der Waals surface area contributed by atoms with Gasteiger partial charge in [0.25, 0.3) is 0 Å². The van der Waals surface area contributed by atoms with E-state index in [2.05, 4.69) is 16.7 Å². The molecule has 0 spiro atoms. The number of rotatable bonds is 4. The first-order valence-corrected chi connectivity index (χ1v) is 9.04. The van der Waals surface area contributed by atoms with Crippen molar-refractivity contribution in [3.63, 3.8) is 0 Å². The van der Waals surface area contributed by atoms with Crippen LogP contribution in [-0.2, 0) is 6.54 Å². The van der Waals surface area contributed by atoms with E-state index in [1.165, 1.54) is 5.56 Å². The number of halogens is 3. The highest BCUT2D eigenvalue weighted by Gasteiger charge is 2.18. The Morgan fingerprint density at radius 1 is 0.815 bits per heavy atom. The monoisotopic (exact) mass is 459 g/mol. The third kappa shape index (κ3) is 4.44. The molecule has 136 valence electrons.